The molecule has 24 heavy (non-hydrogen) atoms. The molecule has 4 nitrogen and oxygen atoms in total. The molecule has 1 amide bonds. The molecule has 0 saturated carbocycles. The predicted octanol–water partition coefficient (Wildman–Crippen LogP) is 3.95. The molecule has 1 unspecified atom stereocenters. The number of ether oxygens (including phenoxy) is 1. The highest BCUT2D eigenvalue weighted by Gasteiger charge is 2.32. The highest BCUT2D eigenvalue weighted by Crippen LogP contribution is 2.23. The van der Waals surface area contributed by atoms with E-state index in [0.29, 0.717) is 0 Å². The van der Waals surface area contributed by atoms with Crippen molar-refractivity contribution in [1.29, 1.82) is 0 Å². The molecule has 1 aliphatic heterocycles. The molecule has 1 atom stereocenters. The van der Waals surface area contributed by atoms with E-state index in [1.165, 1.54) is 5.56 Å². The molecule has 0 bridgehead atoms. The first kappa shape index (κ1) is 18.8. The van der Waals surface area contributed by atoms with Crippen LogP contribution in [0.1, 0.15) is 53.0 Å². The van der Waals surface area contributed by atoms with Crippen LogP contribution in [0.3, 0.4) is 0 Å². The lowest BCUT2D eigenvalue weighted by Gasteiger charge is -2.30. The van der Waals surface area contributed by atoms with Crippen LogP contribution >= 0.6 is 0 Å². The van der Waals surface area contributed by atoms with E-state index in [-0.39, 0.29) is 17.6 Å². The largest absolute Gasteiger partial charge is 0.444 e. The van der Waals surface area contributed by atoms with E-state index in [1.54, 1.807) is 0 Å². The SMILES string of the molecule is CC(C)(C)OC(=O)N1CCCC1CNCC(C)(C)c1ccccc1. The van der Waals surface area contributed by atoms with Crippen molar-refractivity contribution in [2.75, 3.05) is 19.6 Å². The third-order valence-corrected chi connectivity index (χ3v) is 4.51. The summed E-state index contributed by atoms with van der Waals surface area (Å²) in [6, 6.07) is 10.8. The second-order valence-electron chi connectivity index (χ2n) is 8.35. The van der Waals surface area contributed by atoms with Crippen LogP contribution in [-0.4, -0.2) is 42.3 Å². The molecule has 1 fully saturated rings. The molecular formula is C20H32N2O2. The molecule has 134 valence electrons. The van der Waals surface area contributed by atoms with Gasteiger partial charge in [0.05, 0.1) is 0 Å². The molecule has 0 aromatic heterocycles. The topological polar surface area (TPSA) is 41.6 Å². The van der Waals surface area contributed by atoms with Crippen LogP contribution in [0.25, 0.3) is 0 Å². The van der Waals surface area contributed by atoms with Gasteiger partial charge in [0.1, 0.15) is 5.60 Å². The number of carbonyl (C=O) groups is 1. The van der Waals surface area contributed by atoms with Gasteiger partial charge in [0.15, 0.2) is 0 Å². The summed E-state index contributed by atoms with van der Waals surface area (Å²) in [6.07, 6.45) is 1.90. The van der Waals surface area contributed by atoms with E-state index >= 15 is 0 Å². The van der Waals surface area contributed by atoms with Gasteiger partial charge >= 0.3 is 6.09 Å². The van der Waals surface area contributed by atoms with E-state index < -0.39 is 5.60 Å². The second kappa shape index (κ2) is 7.56. The summed E-state index contributed by atoms with van der Waals surface area (Å²) in [5.41, 5.74) is 0.955. The Morgan fingerprint density at radius 3 is 2.50 bits per heavy atom. The average Bonchev–Trinajstić information content (AvgIpc) is 2.95. The Hall–Kier alpha value is -1.55. The lowest BCUT2D eigenvalue weighted by molar-refractivity contribution is 0.0226. The van der Waals surface area contributed by atoms with Gasteiger partial charge in [-0.3, -0.25) is 0 Å². The first-order valence-corrected chi connectivity index (χ1v) is 8.95. The number of benzene rings is 1. The van der Waals surface area contributed by atoms with E-state index in [1.807, 2.05) is 31.7 Å². The quantitative estimate of drug-likeness (QED) is 0.887. The van der Waals surface area contributed by atoms with Gasteiger partial charge in [0.25, 0.3) is 0 Å². The Bertz CT molecular complexity index is 534. The van der Waals surface area contributed by atoms with Crippen molar-refractivity contribution in [2.24, 2.45) is 0 Å². The van der Waals surface area contributed by atoms with E-state index in [0.717, 1.165) is 32.5 Å². The van der Waals surface area contributed by atoms with Gasteiger partial charge < -0.3 is 15.0 Å². The minimum atomic E-state index is -0.438. The molecule has 4 heteroatoms. The van der Waals surface area contributed by atoms with Crippen molar-refractivity contribution >= 4 is 6.09 Å². The van der Waals surface area contributed by atoms with Gasteiger partial charge in [-0.15, -0.1) is 0 Å². The van der Waals surface area contributed by atoms with Gasteiger partial charge in [0, 0.05) is 31.1 Å². The summed E-state index contributed by atoms with van der Waals surface area (Å²) in [5, 5.41) is 3.56. The molecule has 0 aliphatic carbocycles. The van der Waals surface area contributed by atoms with Crippen LogP contribution in [0.15, 0.2) is 30.3 Å². The summed E-state index contributed by atoms with van der Waals surface area (Å²) in [5.74, 6) is 0. The maximum absolute atomic E-state index is 12.3. The van der Waals surface area contributed by atoms with Crippen molar-refractivity contribution in [3.63, 3.8) is 0 Å². The Morgan fingerprint density at radius 2 is 1.88 bits per heavy atom. The molecular weight excluding hydrogens is 300 g/mol. The predicted molar refractivity (Wildman–Crippen MR) is 98.3 cm³/mol. The van der Waals surface area contributed by atoms with E-state index in [9.17, 15) is 4.79 Å². The minimum absolute atomic E-state index is 0.0661. The Labute approximate surface area is 146 Å². The lowest BCUT2D eigenvalue weighted by atomic mass is 9.84. The zero-order valence-electron chi connectivity index (χ0n) is 15.8. The summed E-state index contributed by atoms with van der Waals surface area (Å²) in [4.78, 5) is 14.2. The zero-order valence-corrected chi connectivity index (χ0v) is 15.8. The molecule has 1 aliphatic rings. The molecule has 0 radical (unpaired) electrons. The van der Waals surface area contributed by atoms with Gasteiger partial charge in [0.2, 0.25) is 0 Å². The lowest BCUT2D eigenvalue weighted by Crippen LogP contribution is -2.45. The van der Waals surface area contributed by atoms with Crippen LogP contribution in [0.4, 0.5) is 4.79 Å². The normalized spacial score (nSPS) is 18.7. The standard InChI is InChI=1S/C20H32N2O2/c1-19(2,3)24-18(23)22-13-9-12-17(22)14-21-15-20(4,5)16-10-7-6-8-11-16/h6-8,10-11,17,21H,9,12-15H2,1-5H3. The Morgan fingerprint density at radius 1 is 1.21 bits per heavy atom. The Kier molecular flexibility index (Phi) is 5.92. The fourth-order valence-electron chi connectivity index (χ4n) is 3.15. The van der Waals surface area contributed by atoms with Crippen LogP contribution in [-0.2, 0) is 10.2 Å². The molecule has 2 rings (SSSR count). The maximum atomic E-state index is 12.3. The number of amides is 1. The highest BCUT2D eigenvalue weighted by molar-refractivity contribution is 5.69. The molecule has 1 heterocycles. The molecule has 1 aromatic rings. The summed E-state index contributed by atoms with van der Waals surface area (Å²) in [7, 11) is 0. The second-order valence-corrected chi connectivity index (χ2v) is 8.35. The number of likely N-dealkylation sites (tertiary alicyclic amines) is 1. The average molecular weight is 332 g/mol. The van der Waals surface area contributed by atoms with Crippen LogP contribution in [0.5, 0.6) is 0 Å². The monoisotopic (exact) mass is 332 g/mol. The first-order valence-electron chi connectivity index (χ1n) is 8.95. The highest BCUT2D eigenvalue weighted by atomic mass is 16.6. The van der Waals surface area contributed by atoms with E-state index in [2.05, 4.69) is 43.4 Å². The van der Waals surface area contributed by atoms with Gasteiger partial charge in [-0.05, 0) is 39.2 Å². The van der Waals surface area contributed by atoms with Gasteiger partial charge in [-0.1, -0.05) is 44.2 Å². The van der Waals surface area contributed by atoms with E-state index in [4.69, 9.17) is 4.74 Å². The van der Waals surface area contributed by atoms with Crippen LogP contribution < -0.4 is 5.32 Å². The molecule has 0 spiro atoms. The fourth-order valence-corrected chi connectivity index (χ4v) is 3.15. The zero-order chi connectivity index (χ0) is 17.8. The third kappa shape index (κ3) is 5.23. The number of rotatable bonds is 5. The summed E-state index contributed by atoms with van der Waals surface area (Å²) in [6.45, 7) is 12.7. The van der Waals surface area contributed by atoms with Crippen molar-refractivity contribution in [3.8, 4) is 0 Å². The molecule has 1 saturated heterocycles. The first-order chi connectivity index (χ1) is 11.2. The molecule has 1 N–H and O–H groups in total. The third-order valence-electron chi connectivity index (χ3n) is 4.51. The minimum Gasteiger partial charge on any atom is -0.444 e. The van der Waals surface area contributed by atoms with Crippen molar-refractivity contribution in [3.05, 3.63) is 35.9 Å². The number of carbonyl (C=O) groups excluding carboxylic acids is 1. The number of hydrogen-bond donors (Lipinski definition) is 1. The molecule has 1 aromatic carbocycles. The maximum Gasteiger partial charge on any atom is 0.410 e. The number of nitrogens with zero attached hydrogens (tertiary/aromatic N) is 1. The van der Waals surface area contributed by atoms with Crippen LogP contribution in [0, 0.1) is 0 Å². The van der Waals surface area contributed by atoms with Gasteiger partial charge in [-0.25, -0.2) is 4.79 Å². The van der Waals surface area contributed by atoms with Crippen molar-refractivity contribution in [2.45, 2.75) is 64.5 Å². The van der Waals surface area contributed by atoms with Crippen LogP contribution in [0.2, 0.25) is 0 Å². The Balaban J connectivity index is 1.86. The fraction of sp³-hybridized carbons (Fsp3) is 0.650. The van der Waals surface area contributed by atoms with Crippen molar-refractivity contribution < 1.29 is 9.53 Å². The van der Waals surface area contributed by atoms with Crippen molar-refractivity contribution in [1.82, 2.24) is 10.2 Å². The number of nitrogens with one attached hydrogen (secondary N) is 1. The number of hydrogen-bond acceptors (Lipinski definition) is 3. The van der Waals surface area contributed by atoms with Gasteiger partial charge in [-0.2, -0.15) is 0 Å². The smallest absolute Gasteiger partial charge is 0.410 e. The summed E-state index contributed by atoms with van der Waals surface area (Å²) >= 11 is 0. The summed E-state index contributed by atoms with van der Waals surface area (Å²) < 4.78 is 5.53.